The predicted octanol–water partition coefficient (Wildman–Crippen LogP) is 6.19. The van der Waals surface area contributed by atoms with Crippen LogP contribution >= 0.6 is 0 Å². The highest BCUT2D eigenvalue weighted by Crippen LogP contribution is 2.52. The Labute approximate surface area is 248 Å². The van der Waals surface area contributed by atoms with Gasteiger partial charge in [-0.05, 0) is 70.8 Å². The molecule has 0 saturated carbocycles. The number of benzene rings is 4. The summed E-state index contributed by atoms with van der Waals surface area (Å²) in [5.41, 5.74) is 3.87. The standard InChI is InChI=1S/C20H18O6.C14H12O3/c1-3-15-17(25-9-23-15)5-11(1)19-13-7-22-20(14(13)8-21-19)12-2-4-16-18(6-12)26-10-24-16;15-12-5-3-10(4-6-12)1-2-11-7-13(16)9-14(17)8-11/h1-6,13-14,19-20H,7-10H2;1-9,15-17H. The smallest absolute Gasteiger partial charge is 0.231 e. The molecule has 0 amide bonds. The van der Waals surface area contributed by atoms with Crippen LogP contribution in [0.15, 0.2) is 78.9 Å². The van der Waals surface area contributed by atoms with E-state index in [1.54, 1.807) is 42.5 Å². The lowest BCUT2D eigenvalue weighted by Crippen LogP contribution is -2.14. The second-order valence-corrected chi connectivity index (χ2v) is 10.8. The molecule has 4 aromatic rings. The minimum atomic E-state index is 0.0218. The first-order valence-electron chi connectivity index (χ1n) is 14.0. The zero-order valence-electron chi connectivity index (χ0n) is 23.1. The zero-order valence-corrected chi connectivity index (χ0v) is 23.1. The second kappa shape index (κ2) is 11.4. The van der Waals surface area contributed by atoms with Gasteiger partial charge in [-0.25, -0.2) is 0 Å². The normalized spacial score (nSPS) is 22.8. The SMILES string of the molecule is Oc1ccc(C=Cc2cc(O)cc(O)c2)cc1.c1cc2c(cc1C1OCC3C(c4ccc5c(c4)OCO5)OCC13)OCO2. The Morgan fingerprint density at radius 3 is 1.51 bits per heavy atom. The van der Waals surface area contributed by atoms with E-state index in [0.29, 0.717) is 30.6 Å². The van der Waals surface area contributed by atoms with Gasteiger partial charge in [-0.15, -0.1) is 0 Å². The molecule has 0 aliphatic carbocycles. The van der Waals surface area contributed by atoms with Crippen molar-refractivity contribution < 1.29 is 43.7 Å². The van der Waals surface area contributed by atoms with Crippen molar-refractivity contribution >= 4 is 12.2 Å². The van der Waals surface area contributed by atoms with Crippen LogP contribution in [0, 0.1) is 11.8 Å². The van der Waals surface area contributed by atoms with Crippen LogP contribution in [0.2, 0.25) is 0 Å². The summed E-state index contributed by atoms with van der Waals surface area (Å²) in [7, 11) is 0. The maximum atomic E-state index is 9.30. The molecule has 4 aliphatic heterocycles. The third kappa shape index (κ3) is 5.64. The van der Waals surface area contributed by atoms with E-state index >= 15 is 0 Å². The maximum absolute atomic E-state index is 9.30. The van der Waals surface area contributed by atoms with Crippen LogP contribution in [0.1, 0.15) is 34.5 Å². The molecule has 8 rings (SSSR count). The lowest BCUT2D eigenvalue weighted by molar-refractivity contribution is 0.0192. The first-order valence-corrected chi connectivity index (χ1v) is 14.0. The number of aromatic hydroxyl groups is 3. The Hall–Kier alpha value is -4.86. The molecule has 43 heavy (non-hydrogen) atoms. The van der Waals surface area contributed by atoms with Gasteiger partial charge < -0.3 is 43.7 Å². The lowest BCUT2D eigenvalue weighted by Gasteiger charge is -2.17. The van der Waals surface area contributed by atoms with Gasteiger partial charge in [0.25, 0.3) is 0 Å². The van der Waals surface area contributed by atoms with Crippen LogP contribution in [-0.4, -0.2) is 42.1 Å². The van der Waals surface area contributed by atoms with Crippen molar-refractivity contribution in [3.8, 4) is 40.2 Å². The molecule has 2 fully saturated rings. The summed E-state index contributed by atoms with van der Waals surface area (Å²) < 4.78 is 34.2. The number of hydrogen-bond acceptors (Lipinski definition) is 9. The lowest BCUT2D eigenvalue weighted by atomic mass is 9.85. The highest BCUT2D eigenvalue weighted by Gasteiger charge is 2.48. The molecule has 2 saturated heterocycles. The molecule has 0 aromatic heterocycles. The number of phenols is 3. The quantitative estimate of drug-likeness (QED) is 0.242. The molecule has 0 spiro atoms. The van der Waals surface area contributed by atoms with Crippen LogP contribution in [0.3, 0.4) is 0 Å². The van der Waals surface area contributed by atoms with Crippen molar-refractivity contribution in [2.75, 3.05) is 26.8 Å². The van der Waals surface area contributed by atoms with E-state index in [4.69, 9.17) is 33.5 Å². The molecule has 4 aliphatic rings. The Morgan fingerprint density at radius 2 is 0.977 bits per heavy atom. The van der Waals surface area contributed by atoms with E-state index in [9.17, 15) is 10.2 Å². The molecule has 9 heteroatoms. The topological polar surface area (TPSA) is 116 Å². The van der Waals surface area contributed by atoms with Crippen molar-refractivity contribution in [2.24, 2.45) is 11.8 Å². The fraction of sp³-hybridized carbons (Fsp3) is 0.235. The van der Waals surface area contributed by atoms with Crippen molar-refractivity contribution in [3.05, 3.63) is 101 Å². The average molecular weight is 583 g/mol. The number of phenolic OH excluding ortho intramolecular Hbond substituents is 3. The van der Waals surface area contributed by atoms with Crippen molar-refractivity contribution in [1.29, 1.82) is 0 Å². The van der Waals surface area contributed by atoms with Gasteiger partial charge >= 0.3 is 0 Å². The van der Waals surface area contributed by atoms with Crippen molar-refractivity contribution in [2.45, 2.75) is 12.2 Å². The Morgan fingerprint density at radius 1 is 0.488 bits per heavy atom. The van der Waals surface area contributed by atoms with Gasteiger partial charge in [0.15, 0.2) is 23.0 Å². The number of rotatable bonds is 4. The molecule has 9 nitrogen and oxygen atoms in total. The van der Waals surface area contributed by atoms with Crippen LogP contribution in [0.4, 0.5) is 0 Å². The molecule has 220 valence electrons. The minimum absolute atomic E-state index is 0.0218. The average Bonchev–Trinajstić information content (AvgIpc) is 3.80. The molecule has 4 aromatic carbocycles. The number of hydrogen-bond donors (Lipinski definition) is 3. The molecule has 0 bridgehead atoms. The fourth-order valence-electron chi connectivity index (χ4n) is 5.91. The summed E-state index contributed by atoms with van der Waals surface area (Å²) in [6, 6.07) is 23.2. The van der Waals surface area contributed by atoms with E-state index in [0.717, 1.165) is 39.7 Å². The van der Waals surface area contributed by atoms with Gasteiger partial charge in [-0.2, -0.15) is 0 Å². The first kappa shape index (κ1) is 27.0. The summed E-state index contributed by atoms with van der Waals surface area (Å²) in [4.78, 5) is 0. The molecular weight excluding hydrogens is 552 g/mol. The largest absolute Gasteiger partial charge is 0.508 e. The summed E-state index contributed by atoms with van der Waals surface area (Å²) >= 11 is 0. The van der Waals surface area contributed by atoms with Crippen LogP contribution in [0.5, 0.6) is 40.2 Å². The van der Waals surface area contributed by atoms with Crippen LogP contribution in [0.25, 0.3) is 12.2 Å². The van der Waals surface area contributed by atoms with E-state index in [-0.39, 0.29) is 43.0 Å². The van der Waals surface area contributed by atoms with Crippen LogP contribution in [-0.2, 0) is 9.47 Å². The van der Waals surface area contributed by atoms with E-state index in [1.165, 1.54) is 6.07 Å². The van der Waals surface area contributed by atoms with Crippen LogP contribution < -0.4 is 18.9 Å². The Kier molecular flexibility index (Phi) is 7.18. The summed E-state index contributed by atoms with van der Waals surface area (Å²) in [5.74, 6) is 4.09. The predicted molar refractivity (Wildman–Crippen MR) is 156 cm³/mol. The fourth-order valence-corrected chi connectivity index (χ4v) is 5.91. The highest BCUT2D eigenvalue weighted by atomic mass is 16.7. The Bertz CT molecular complexity index is 1560. The summed E-state index contributed by atoms with van der Waals surface area (Å²) in [6.45, 7) is 1.93. The maximum Gasteiger partial charge on any atom is 0.231 e. The van der Waals surface area contributed by atoms with Crippen molar-refractivity contribution in [3.63, 3.8) is 0 Å². The van der Waals surface area contributed by atoms with Gasteiger partial charge in [0.05, 0.1) is 25.4 Å². The van der Waals surface area contributed by atoms with Gasteiger partial charge in [-0.3, -0.25) is 0 Å². The van der Waals surface area contributed by atoms with Gasteiger partial charge in [0.2, 0.25) is 13.6 Å². The molecule has 4 unspecified atom stereocenters. The molecule has 4 heterocycles. The van der Waals surface area contributed by atoms with Gasteiger partial charge in [-0.1, -0.05) is 36.4 Å². The highest BCUT2D eigenvalue weighted by molar-refractivity contribution is 5.71. The molecule has 4 atom stereocenters. The zero-order chi connectivity index (χ0) is 29.3. The molecular formula is C34H30O9. The van der Waals surface area contributed by atoms with E-state index in [2.05, 4.69) is 12.1 Å². The number of ether oxygens (including phenoxy) is 6. The summed E-state index contributed by atoms with van der Waals surface area (Å²) in [5, 5.41) is 27.7. The third-order valence-electron chi connectivity index (χ3n) is 8.00. The van der Waals surface area contributed by atoms with Gasteiger partial charge in [0, 0.05) is 17.9 Å². The molecule has 0 radical (unpaired) electrons. The number of fused-ring (bicyclic) bond motifs is 3. The van der Waals surface area contributed by atoms with E-state index < -0.39 is 0 Å². The van der Waals surface area contributed by atoms with E-state index in [1.807, 2.05) is 30.3 Å². The summed E-state index contributed by atoms with van der Waals surface area (Å²) in [6.07, 6.45) is 3.64. The first-order chi connectivity index (χ1) is 21.0. The minimum Gasteiger partial charge on any atom is -0.508 e. The third-order valence-corrected chi connectivity index (χ3v) is 8.00. The van der Waals surface area contributed by atoms with Gasteiger partial charge in [0.1, 0.15) is 17.2 Å². The van der Waals surface area contributed by atoms with Crippen molar-refractivity contribution in [1.82, 2.24) is 0 Å². The molecule has 3 N–H and O–H groups in total. The second-order valence-electron chi connectivity index (χ2n) is 10.8. The Balaban J connectivity index is 0.000000154. The monoisotopic (exact) mass is 582 g/mol.